The first kappa shape index (κ1) is 28.9. The second-order valence-electron chi connectivity index (χ2n) is 7.12. The third-order valence-corrected chi connectivity index (χ3v) is 4.60. The molecule has 0 aliphatic rings. The van der Waals surface area contributed by atoms with Gasteiger partial charge in [0.15, 0.2) is 0 Å². The molecule has 0 aliphatic carbocycles. The Hall–Kier alpha value is -0.320. The molecule has 0 fully saturated rings. The van der Waals surface area contributed by atoms with Crippen molar-refractivity contribution in [3.8, 4) is 0 Å². The summed E-state index contributed by atoms with van der Waals surface area (Å²) >= 11 is 0. The van der Waals surface area contributed by atoms with Crippen LogP contribution >= 0.6 is 0 Å². The fourth-order valence-electron chi connectivity index (χ4n) is 3.01. The first-order chi connectivity index (χ1) is 12.7. The molecule has 0 aromatic carbocycles. The van der Waals surface area contributed by atoms with Gasteiger partial charge < -0.3 is 14.6 Å². The molecule has 152 valence electrons. The molecule has 0 saturated carbocycles. The molecule has 27 heavy (non-hydrogen) atoms. The van der Waals surface area contributed by atoms with Gasteiger partial charge in [-0.25, -0.2) is 4.79 Å². The molecule has 0 spiro atoms. The minimum absolute atomic E-state index is 0. The fraction of sp³-hybridized carbons (Fsp3) is 0.818. The predicted molar refractivity (Wildman–Crippen MR) is 105 cm³/mol. The fourth-order valence-corrected chi connectivity index (χ4v) is 3.01. The van der Waals surface area contributed by atoms with E-state index in [9.17, 15) is 14.7 Å². The van der Waals surface area contributed by atoms with E-state index in [4.69, 9.17) is 4.74 Å². The monoisotopic (exact) mass is 390 g/mol. The number of carbonyl (C=O) groups is 2. The summed E-state index contributed by atoms with van der Waals surface area (Å²) in [5, 5.41) is 10.1. The molecule has 5 heteroatoms. The van der Waals surface area contributed by atoms with Crippen LogP contribution in [0.3, 0.4) is 0 Å². The van der Waals surface area contributed by atoms with Gasteiger partial charge in [0.2, 0.25) is 0 Å². The van der Waals surface area contributed by atoms with Crippen LogP contribution in [0, 0.1) is 0 Å². The van der Waals surface area contributed by atoms with Gasteiger partial charge in [-0.05, 0) is 12.5 Å². The zero-order valence-corrected chi connectivity index (χ0v) is 19.8. The van der Waals surface area contributed by atoms with Crippen LogP contribution in [0.4, 0.5) is 0 Å². The summed E-state index contributed by atoms with van der Waals surface area (Å²) in [6, 6.07) is 0. The largest absolute Gasteiger partial charge is 1.00 e. The SMILES string of the molecule is CCCCCCCCCCCCCCCCCCOC(=O)/C=C/C(=O)[O-].[Na+]. The van der Waals surface area contributed by atoms with E-state index in [1.807, 2.05) is 0 Å². The maximum Gasteiger partial charge on any atom is 1.00 e. The number of ether oxygens (including phenoxy) is 1. The van der Waals surface area contributed by atoms with E-state index in [0.29, 0.717) is 12.7 Å². The number of carbonyl (C=O) groups excluding carboxylic acids is 2. The van der Waals surface area contributed by atoms with Crippen LogP contribution in [-0.2, 0) is 14.3 Å². The first-order valence-electron chi connectivity index (χ1n) is 10.7. The first-order valence-corrected chi connectivity index (χ1v) is 10.7. The Balaban J connectivity index is 0. The van der Waals surface area contributed by atoms with Crippen molar-refractivity contribution < 1.29 is 49.0 Å². The number of esters is 1. The minimum Gasteiger partial charge on any atom is -0.545 e. The molecule has 0 aromatic heterocycles. The molecule has 4 nitrogen and oxygen atoms in total. The summed E-state index contributed by atoms with van der Waals surface area (Å²) in [6.45, 7) is 2.62. The maximum absolute atomic E-state index is 11.1. The molecule has 0 saturated heterocycles. The van der Waals surface area contributed by atoms with Crippen LogP contribution in [0.2, 0.25) is 0 Å². The van der Waals surface area contributed by atoms with Gasteiger partial charge >= 0.3 is 35.5 Å². The van der Waals surface area contributed by atoms with E-state index >= 15 is 0 Å². The number of hydrogen-bond donors (Lipinski definition) is 0. The molecular weight excluding hydrogens is 351 g/mol. The van der Waals surface area contributed by atoms with Gasteiger partial charge in [-0.1, -0.05) is 103 Å². The predicted octanol–water partition coefficient (Wildman–Crippen LogP) is 2.10. The molecule has 0 amide bonds. The Morgan fingerprint density at radius 2 is 1.04 bits per heavy atom. The van der Waals surface area contributed by atoms with Crippen LogP contribution < -0.4 is 34.7 Å². The van der Waals surface area contributed by atoms with Crippen molar-refractivity contribution in [2.24, 2.45) is 0 Å². The summed E-state index contributed by atoms with van der Waals surface area (Å²) in [5.41, 5.74) is 0. The van der Waals surface area contributed by atoms with Gasteiger partial charge in [-0.3, -0.25) is 0 Å². The second kappa shape index (κ2) is 23.7. The topological polar surface area (TPSA) is 66.4 Å². The maximum atomic E-state index is 11.1. The van der Waals surface area contributed by atoms with Crippen LogP contribution in [0.15, 0.2) is 12.2 Å². The van der Waals surface area contributed by atoms with Crippen molar-refractivity contribution >= 4 is 11.9 Å². The quantitative estimate of drug-likeness (QED) is 0.147. The third kappa shape index (κ3) is 25.7. The molecule has 0 radical (unpaired) electrons. The van der Waals surface area contributed by atoms with Crippen LogP contribution in [-0.4, -0.2) is 18.5 Å². The number of carboxylic acid groups (broad SMARTS) is 1. The summed E-state index contributed by atoms with van der Waals surface area (Å²) in [4.78, 5) is 21.2. The van der Waals surface area contributed by atoms with Crippen molar-refractivity contribution in [3.63, 3.8) is 0 Å². The van der Waals surface area contributed by atoms with Gasteiger partial charge in [0.1, 0.15) is 0 Å². The van der Waals surface area contributed by atoms with E-state index in [1.54, 1.807) is 0 Å². The van der Waals surface area contributed by atoms with Crippen molar-refractivity contribution in [1.82, 2.24) is 0 Å². The normalized spacial score (nSPS) is 10.7. The average molecular weight is 391 g/mol. The van der Waals surface area contributed by atoms with Gasteiger partial charge in [-0.15, -0.1) is 0 Å². The summed E-state index contributed by atoms with van der Waals surface area (Å²) in [6.07, 6.45) is 22.4. The zero-order valence-electron chi connectivity index (χ0n) is 17.8. The summed E-state index contributed by atoms with van der Waals surface area (Å²) in [7, 11) is 0. The number of carboxylic acids is 1. The molecule has 0 N–H and O–H groups in total. The third-order valence-electron chi connectivity index (χ3n) is 4.60. The zero-order chi connectivity index (χ0) is 19.3. The Labute approximate surface area is 188 Å². The van der Waals surface area contributed by atoms with Crippen LogP contribution in [0.5, 0.6) is 0 Å². The second-order valence-corrected chi connectivity index (χ2v) is 7.12. The van der Waals surface area contributed by atoms with E-state index < -0.39 is 11.9 Å². The molecule has 0 unspecified atom stereocenters. The number of aliphatic carboxylic acids is 1. The van der Waals surface area contributed by atoms with E-state index in [-0.39, 0.29) is 29.6 Å². The molecule has 0 bridgehead atoms. The van der Waals surface area contributed by atoms with Gasteiger partial charge in [0.05, 0.1) is 12.6 Å². The van der Waals surface area contributed by atoms with E-state index in [0.717, 1.165) is 18.9 Å². The van der Waals surface area contributed by atoms with E-state index in [1.165, 1.54) is 89.9 Å². The standard InChI is InChI=1S/C22H40O4.Na/c1-2-3-4-5-6-7-8-9-10-11-12-13-14-15-16-17-20-26-22(25)19-18-21(23)24;/h18-19H,2-17,20H2,1H3,(H,23,24);/q;+1/p-1/b19-18+;. The molecule has 0 atom stereocenters. The summed E-state index contributed by atoms with van der Waals surface area (Å²) < 4.78 is 4.89. The molecule has 0 rings (SSSR count). The smallest absolute Gasteiger partial charge is 0.545 e. The Morgan fingerprint density at radius 1 is 0.667 bits per heavy atom. The van der Waals surface area contributed by atoms with Crippen LogP contribution in [0.1, 0.15) is 110 Å². The van der Waals surface area contributed by atoms with Gasteiger partial charge in [-0.2, -0.15) is 0 Å². The molecular formula is C22H39NaO4. The summed E-state index contributed by atoms with van der Waals surface area (Å²) in [5.74, 6) is -2.00. The Bertz CT molecular complexity index is 369. The van der Waals surface area contributed by atoms with E-state index in [2.05, 4.69) is 6.92 Å². The molecule has 0 aliphatic heterocycles. The molecule has 0 heterocycles. The van der Waals surface area contributed by atoms with Crippen molar-refractivity contribution in [2.45, 2.75) is 110 Å². The number of unbranched alkanes of at least 4 members (excludes halogenated alkanes) is 15. The Kier molecular flexibility index (Phi) is 25.4. The van der Waals surface area contributed by atoms with Crippen molar-refractivity contribution in [1.29, 1.82) is 0 Å². The van der Waals surface area contributed by atoms with Crippen LogP contribution in [0.25, 0.3) is 0 Å². The minimum atomic E-state index is -1.38. The van der Waals surface area contributed by atoms with Crippen molar-refractivity contribution in [2.75, 3.05) is 6.61 Å². The molecule has 0 aromatic rings. The number of rotatable bonds is 19. The van der Waals surface area contributed by atoms with Crippen molar-refractivity contribution in [3.05, 3.63) is 12.2 Å². The average Bonchev–Trinajstić information content (AvgIpc) is 2.62. The number of hydrogen-bond acceptors (Lipinski definition) is 4. The van der Waals surface area contributed by atoms with Gasteiger partial charge in [0, 0.05) is 6.08 Å². The Morgan fingerprint density at radius 3 is 1.41 bits per heavy atom. The van der Waals surface area contributed by atoms with Gasteiger partial charge in [0.25, 0.3) is 0 Å².